The van der Waals surface area contributed by atoms with Crippen LogP contribution in [0.15, 0.2) is 60.7 Å². The average Bonchev–Trinajstić information content (AvgIpc) is 3.08. The molecule has 2 aromatic carbocycles. The number of carbonyl (C=O) groups is 2. The minimum absolute atomic E-state index is 0.0582. The number of carbonyl (C=O) groups excluding carboxylic acids is 2. The van der Waals surface area contributed by atoms with Gasteiger partial charge in [0.15, 0.2) is 6.61 Å². The molecule has 0 radical (unpaired) electrons. The number of nitrogens with one attached hydrogen (secondary N) is 1. The molecule has 29 heavy (non-hydrogen) atoms. The van der Waals surface area contributed by atoms with Crippen molar-refractivity contribution in [1.29, 1.82) is 0 Å². The summed E-state index contributed by atoms with van der Waals surface area (Å²) in [5.41, 5.74) is 2.57. The summed E-state index contributed by atoms with van der Waals surface area (Å²) in [5, 5.41) is 7.11. The number of hydrogen-bond acceptors (Lipinski definition) is 5. The van der Waals surface area contributed by atoms with Gasteiger partial charge in [-0.1, -0.05) is 36.4 Å². The van der Waals surface area contributed by atoms with Crippen LogP contribution in [0, 0.1) is 13.8 Å². The third kappa shape index (κ3) is 5.68. The molecule has 0 bridgehead atoms. The van der Waals surface area contributed by atoms with Crippen LogP contribution in [0.2, 0.25) is 0 Å². The van der Waals surface area contributed by atoms with E-state index in [9.17, 15) is 9.59 Å². The van der Waals surface area contributed by atoms with Crippen LogP contribution in [0.25, 0.3) is 5.69 Å². The molecule has 3 rings (SSSR count). The molecule has 1 N–H and O–H groups in total. The number of para-hydroxylation sites is 2. The van der Waals surface area contributed by atoms with Crippen molar-refractivity contribution in [2.24, 2.45) is 0 Å². The molecule has 0 spiro atoms. The monoisotopic (exact) mass is 393 g/mol. The van der Waals surface area contributed by atoms with Gasteiger partial charge >= 0.3 is 5.97 Å². The van der Waals surface area contributed by atoms with E-state index in [0.29, 0.717) is 5.82 Å². The van der Waals surface area contributed by atoms with Crippen LogP contribution in [0.4, 0.5) is 5.82 Å². The first-order chi connectivity index (χ1) is 14.0. The molecule has 7 nitrogen and oxygen atoms in total. The number of esters is 1. The number of anilines is 1. The highest BCUT2D eigenvalue weighted by atomic mass is 16.5. The highest BCUT2D eigenvalue weighted by Gasteiger charge is 2.13. The maximum Gasteiger partial charge on any atom is 0.309 e. The Morgan fingerprint density at radius 1 is 1.03 bits per heavy atom. The summed E-state index contributed by atoms with van der Waals surface area (Å²) in [4.78, 5) is 24.1. The number of ether oxygens (including phenoxy) is 2. The Morgan fingerprint density at radius 2 is 1.76 bits per heavy atom. The largest absolute Gasteiger partial charge is 0.493 e. The summed E-state index contributed by atoms with van der Waals surface area (Å²) in [6, 6.07) is 18.8. The quantitative estimate of drug-likeness (QED) is 0.593. The number of aryl methyl sites for hydroxylation is 2. The van der Waals surface area contributed by atoms with E-state index < -0.39 is 11.9 Å². The fraction of sp³-hybridized carbons (Fsp3) is 0.227. The SMILES string of the molecule is Cc1cc(NC(=O)COC(=O)CCOc2ccccc2C)n(-c2ccccc2)n1. The van der Waals surface area contributed by atoms with Gasteiger partial charge in [0.2, 0.25) is 0 Å². The zero-order valence-corrected chi connectivity index (χ0v) is 16.4. The van der Waals surface area contributed by atoms with Gasteiger partial charge in [-0.2, -0.15) is 5.10 Å². The van der Waals surface area contributed by atoms with Crippen molar-refractivity contribution in [1.82, 2.24) is 9.78 Å². The molecule has 150 valence electrons. The number of aromatic nitrogens is 2. The van der Waals surface area contributed by atoms with Gasteiger partial charge in [0.05, 0.1) is 24.4 Å². The molecule has 0 atom stereocenters. The van der Waals surface area contributed by atoms with Crippen molar-refractivity contribution in [3.63, 3.8) is 0 Å². The molecule has 0 saturated heterocycles. The van der Waals surface area contributed by atoms with E-state index in [4.69, 9.17) is 9.47 Å². The van der Waals surface area contributed by atoms with E-state index in [1.54, 1.807) is 10.7 Å². The van der Waals surface area contributed by atoms with Crippen molar-refractivity contribution >= 4 is 17.7 Å². The standard InChI is InChI=1S/C22H23N3O4/c1-16-8-6-7-11-19(16)28-13-12-22(27)29-15-21(26)23-20-14-17(2)24-25(20)18-9-4-3-5-10-18/h3-11,14H,12-13,15H2,1-2H3,(H,23,26). The van der Waals surface area contributed by atoms with Gasteiger partial charge in [-0.25, -0.2) is 4.68 Å². The lowest BCUT2D eigenvalue weighted by atomic mass is 10.2. The van der Waals surface area contributed by atoms with Crippen molar-refractivity contribution in [3.8, 4) is 11.4 Å². The van der Waals surface area contributed by atoms with Crippen LogP contribution in [0.1, 0.15) is 17.7 Å². The molecule has 1 heterocycles. The fourth-order valence-corrected chi connectivity index (χ4v) is 2.71. The molecular formula is C22H23N3O4. The van der Waals surface area contributed by atoms with E-state index in [1.165, 1.54) is 0 Å². The number of hydrogen-bond donors (Lipinski definition) is 1. The first-order valence-corrected chi connectivity index (χ1v) is 9.29. The smallest absolute Gasteiger partial charge is 0.309 e. The number of amides is 1. The highest BCUT2D eigenvalue weighted by Crippen LogP contribution is 2.17. The highest BCUT2D eigenvalue weighted by molar-refractivity contribution is 5.92. The number of nitrogens with zero attached hydrogens (tertiary/aromatic N) is 2. The molecule has 1 amide bonds. The molecule has 0 aliphatic heterocycles. The Balaban J connectivity index is 1.47. The Kier molecular flexibility index (Phi) is 6.63. The maximum atomic E-state index is 12.2. The molecule has 0 unspecified atom stereocenters. The van der Waals surface area contributed by atoms with Crippen molar-refractivity contribution in [2.45, 2.75) is 20.3 Å². The second kappa shape index (κ2) is 9.54. The summed E-state index contributed by atoms with van der Waals surface area (Å²) in [6.45, 7) is 3.58. The van der Waals surface area contributed by atoms with Crippen molar-refractivity contribution < 1.29 is 19.1 Å². The third-order valence-corrected chi connectivity index (χ3v) is 4.12. The van der Waals surface area contributed by atoms with Gasteiger partial charge in [-0.3, -0.25) is 9.59 Å². The molecule has 3 aromatic rings. The first kappa shape index (κ1) is 20.1. The number of rotatable bonds is 8. The van der Waals surface area contributed by atoms with Gasteiger partial charge in [0.1, 0.15) is 11.6 Å². The maximum absolute atomic E-state index is 12.2. The average molecular weight is 393 g/mol. The van der Waals surface area contributed by atoms with Gasteiger partial charge < -0.3 is 14.8 Å². The predicted molar refractivity (Wildman–Crippen MR) is 109 cm³/mol. The zero-order valence-electron chi connectivity index (χ0n) is 16.4. The van der Waals surface area contributed by atoms with E-state index in [2.05, 4.69) is 10.4 Å². The topological polar surface area (TPSA) is 82.5 Å². The molecular weight excluding hydrogens is 370 g/mol. The Morgan fingerprint density at radius 3 is 2.52 bits per heavy atom. The lowest BCUT2D eigenvalue weighted by molar-refractivity contribution is -0.147. The fourth-order valence-electron chi connectivity index (χ4n) is 2.71. The summed E-state index contributed by atoms with van der Waals surface area (Å²) < 4.78 is 12.2. The van der Waals surface area contributed by atoms with E-state index in [0.717, 1.165) is 22.7 Å². The summed E-state index contributed by atoms with van der Waals surface area (Å²) >= 11 is 0. The van der Waals surface area contributed by atoms with E-state index in [-0.39, 0.29) is 19.6 Å². The first-order valence-electron chi connectivity index (χ1n) is 9.29. The Hall–Kier alpha value is -3.61. The Labute approximate surface area is 169 Å². The van der Waals surface area contributed by atoms with Crippen LogP contribution in [-0.2, 0) is 14.3 Å². The van der Waals surface area contributed by atoms with Crippen LogP contribution < -0.4 is 10.1 Å². The van der Waals surface area contributed by atoms with E-state index in [1.807, 2.05) is 68.4 Å². The molecule has 0 saturated carbocycles. The second-order valence-electron chi connectivity index (χ2n) is 6.49. The van der Waals surface area contributed by atoms with Crippen molar-refractivity contribution in [2.75, 3.05) is 18.5 Å². The van der Waals surface area contributed by atoms with Gasteiger partial charge in [0.25, 0.3) is 5.91 Å². The van der Waals surface area contributed by atoms with Crippen LogP contribution in [-0.4, -0.2) is 34.9 Å². The zero-order chi connectivity index (χ0) is 20.6. The molecule has 7 heteroatoms. The van der Waals surface area contributed by atoms with Crippen LogP contribution >= 0.6 is 0 Å². The van der Waals surface area contributed by atoms with Gasteiger partial charge in [-0.15, -0.1) is 0 Å². The minimum atomic E-state index is -0.499. The molecule has 0 fully saturated rings. The summed E-state index contributed by atoms with van der Waals surface area (Å²) in [7, 11) is 0. The van der Waals surface area contributed by atoms with Gasteiger partial charge in [0, 0.05) is 6.07 Å². The van der Waals surface area contributed by atoms with Gasteiger partial charge in [-0.05, 0) is 37.6 Å². The summed E-state index contributed by atoms with van der Waals surface area (Å²) in [5.74, 6) is 0.303. The lowest BCUT2D eigenvalue weighted by Crippen LogP contribution is -2.23. The minimum Gasteiger partial charge on any atom is -0.493 e. The van der Waals surface area contributed by atoms with Crippen LogP contribution in [0.5, 0.6) is 5.75 Å². The Bertz CT molecular complexity index is 983. The van der Waals surface area contributed by atoms with Crippen molar-refractivity contribution in [3.05, 3.63) is 71.9 Å². The molecule has 1 aromatic heterocycles. The molecule has 0 aliphatic rings. The summed E-state index contributed by atoms with van der Waals surface area (Å²) in [6.07, 6.45) is 0.0582. The normalized spacial score (nSPS) is 10.4. The van der Waals surface area contributed by atoms with E-state index >= 15 is 0 Å². The molecule has 0 aliphatic carbocycles. The predicted octanol–water partition coefficient (Wildman–Crippen LogP) is 3.44. The number of benzene rings is 2. The second-order valence-corrected chi connectivity index (χ2v) is 6.49. The third-order valence-electron chi connectivity index (χ3n) is 4.12. The lowest BCUT2D eigenvalue weighted by Gasteiger charge is -2.10. The van der Waals surface area contributed by atoms with Crippen LogP contribution in [0.3, 0.4) is 0 Å².